The molecule has 0 spiro atoms. The first-order chi connectivity index (χ1) is 12.6. The summed E-state index contributed by atoms with van der Waals surface area (Å²) in [5.41, 5.74) is 4.91. The molecule has 2 aliphatic rings. The third-order valence-corrected chi connectivity index (χ3v) is 6.92. The summed E-state index contributed by atoms with van der Waals surface area (Å²) < 4.78 is 1.29. The smallest absolute Gasteiger partial charge is 0.146 e. The van der Waals surface area contributed by atoms with E-state index in [-0.39, 0.29) is 0 Å². The SMILES string of the molecule is CC1CC[N+]2(C)C(Cc3cc(-c4ccccc4)nc4ccccc34)[C@@H]2C1. The van der Waals surface area contributed by atoms with Crippen LogP contribution in [0.2, 0.25) is 0 Å². The van der Waals surface area contributed by atoms with E-state index in [0.717, 1.165) is 29.2 Å². The van der Waals surface area contributed by atoms with Gasteiger partial charge in [-0.3, -0.25) is 0 Å². The van der Waals surface area contributed by atoms with Crippen LogP contribution in [-0.4, -0.2) is 35.1 Å². The van der Waals surface area contributed by atoms with E-state index >= 15 is 0 Å². The van der Waals surface area contributed by atoms with E-state index in [0.29, 0.717) is 0 Å². The second kappa shape index (κ2) is 5.92. The van der Waals surface area contributed by atoms with Gasteiger partial charge in [0.15, 0.2) is 0 Å². The summed E-state index contributed by atoms with van der Waals surface area (Å²) in [4.78, 5) is 4.95. The van der Waals surface area contributed by atoms with Crippen LogP contribution < -0.4 is 0 Å². The molecule has 0 aliphatic carbocycles. The average Bonchev–Trinajstić information content (AvgIpc) is 3.25. The molecule has 2 nitrogen and oxygen atoms in total. The van der Waals surface area contributed by atoms with Gasteiger partial charge in [0, 0.05) is 23.8 Å². The van der Waals surface area contributed by atoms with Crippen LogP contribution in [0.1, 0.15) is 25.3 Å². The van der Waals surface area contributed by atoms with Gasteiger partial charge in [0.2, 0.25) is 0 Å². The molecule has 2 heteroatoms. The number of nitrogens with zero attached hydrogens (tertiary/aromatic N) is 2. The van der Waals surface area contributed by atoms with E-state index in [1.165, 1.54) is 46.8 Å². The van der Waals surface area contributed by atoms with Crippen molar-refractivity contribution in [1.82, 2.24) is 4.98 Å². The van der Waals surface area contributed by atoms with Crippen molar-refractivity contribution >= 4 is 10.9 Å². The zero-order valence-electron chi connectivity index (χ0n) is 15.7. The molecule has 5 rings (SSSR count). The molecular formula is C24H27N2+. The minimum atomic E-state index is 0.786. The second-order valence-corrected chi connectivity index (χ2v) is 8.59. The number of aromatic nitrogens is 1. The number of rotatable bonds is 3. The lowest BCUT2D eigenvalue weighted by molar-refractivity contribution is -0.811. The number of piperidine rings is 1. The summed E-state index contributed by atoms with van der Waals surface area (Å²) in [6.07, 6.45) is 3.96. The Kier molecular flexibility index (Phi) is 3.65. The third kappa shape index (κ3) is 2.55. The highest BCUT2D eigenvalue weighted by atomic mass is 15.5. The molecular weight excluding hydrogens is 316 g/mol. The molecule has 2 saturated heterocycles. The van der Waals surface area contributed by atoms with Crippen molar-refractivity contribution in [3.63, 3.8) is 0 Å². The van der Waals surface area contributed by atoms with Crippen LogP contribution in [0.15, 0.2) is 60.7 Å². The van der Waals surface area contributed by atoms with Crippen molar-refractivity contribution < 1.29 is 4.48 Å². The Labute approximate surface area is 156 Å². The fourth-order valence-corrected chi connectivity index (χ4v) is 5.17. The first-order valence-electron chi connectivity index (χ1n) is 9.94. The number of para-hydroxylation sites is 1. The fourth-order valence-electron chi connectivity index (χ4n) is 5.17. The van der Waals surface area contributed by atoms with E-state index in [9.17, 15) is 0 Å². The number of benzene rings is 2. The van der Waals surface area contributed by atoms with Crippen molar-refractivity contribution in [3.05, 3.63) is 66.2 Å². The molecule has 4 atom stereocenters. The second-order valence-electron chi connectivity index (χ2n) is 8.59. The van der Waals surface area contributed by atoms with Crippen LogP contribution in [0.25, 0.3) is 22.2 Å². The summed E-state index contributed by atoms with van der Waals surface area (Å²) >= 11 is 0. The fraction of sp³-hybridized carbons (Fsp3) is 0.375. The Morgan fingerprint density at radius 2 is 1.81 bits per heavy atom. The average molecular weight is 343 g/mol. The zero-order chi connectivity index (χ0) is 17.7. The van der Waals surface area contributed by atoms with Gasteiger partial charge < -0.3 is 4.48 Å². The molecule has 0 amide bonds. The molecule has 0 bridgehead atoms. The number of hydrogen-bond donors (Lipinski definition) is 0. The number of quaternary nitrogens is 1. The van der Waals surface area contributed by atoms with Crippen LogP contribution in [0.5, 0.6) is 0 Å². The third-order valence-electron chi connectivity index (χ3n) is 6.92. The van der Waals surface area contributed by atoms with E-state index in [1.807, 2.05) is 0 Å². The van der Waals surface area contributed by atoms with E-state index in [4.69, 9.17) is 4.98 Å². The lowest BCUT2D eigenvalue weighted by atomic mass is 9.96. The van der Waals surface area contributed by atoms with Gasteiger partial charge in [0.1, 0.15) is 12.1 Å². The number of likely N-dealkylation sites (N-methyl/N-ethyl adjacent to an activating group) is 1. The van der Waals surface area contributed by atoms with Crippen molar-refractivity contribution in [1.29, 1.82) is 0 Å². The Hall–Kier alpha value is -2.19. The van der Waals surface area contributed by atoms with Crippen molar-refractivity contribution in [2.75, 3.05) is 13.6 Å². The number of pyridine rings is 1. The molecule has 0 saturated carbocycles. The standard InChI is InChI=1S/C24H27N2/c1-17-12-13-26(2)23(14-17)24(26)16-19-15-22(18-8-4-3-5-9-18)25-21-11-7-6-10-20(19)21/h3-11,15,17,23-24H,12-14,16H2,1-2H3/q+1/t17?,23-,24?,26?/m0/s1. The summed E-state index contributed by atoms with van der Waals surface area (Å²) in [5, 5.41) is 1.33. The minimum Gasteiger partial charge on any atom is -0.311 e. The molecule has 2 aromatic carbocycles. The first-order valence-corrected chi connectivity index (χ1v) is 9.94. The monoisotopic (exact) mass is 343 g/mol. The normalized spacial score (nSPS) is 30.2. The van der Waals surface area contributed by atoms with Gasteiger partial charge in [-0.15, -0.1) is 0 Å². The van der Waals surface area contributed by atoms with Gasteiger partial charge in [0.05, 0.1) is 24.8 Å². The highest BCUT2D eigenvalue weighted by molar-refractivity contribution is 5.85. The van der Waals surface area contributed by atoms with Crippen LogP contribution in [0, 0.1) is 5.92 Å². The van der Waals surface area contributed by atoms with E-state index < -0.39 is 0 Å². The molecule has 132 valence electrons. The van der Waals surface area contributed by atoms with Crippen LogP contribution >= 0.6 is 0 Å². The number of hydrogen-bond acceptors (Lipinski definition) is 1. The molecule has 3 aromatic rings. The number of fused-ring (bicyclic) bond motifs is 2. The minimum absolute atomic E-state index is 0.786. The van der Waals surface area contributed by atoms with Gasteiger partial charge in [-0.25, -0.2) is 4.98 Å². The molecule has 3 unspecified atom stereocenters. The Morgan fingerprint density at radius 1 is 1.04 bits per heavy atom. The van der Waals surface area contributed by atoms with Gasteiger partial charge in [-0.1, -0.05) is 55.5 Å². The molecule has 0 N–H and O–H groups in total. The van der Waals surface area contributed by atoms with Crippen LogP contribution in [0.4, 0.5) is 0 Å². The van der Waals surface area contributed by atoms with Gasteiger partial charge >= 0.3 is 0 Å². The topological polar surface area (TPSA) is 12.9 Å². The molecule has 2 fully saturated rings. The molecule has 2 aliphatic heterocycles. The van der Waals surface area contributed by atoms with Gasteiger partial charge in [-0.05, 0) is 30.0 Å². The maximum absolute atomic E-state index is 4.95. The summed E-state index contributed by atoms with van der Waals surface area (Å²) in [7, 11) is 2.47. The Bertz CT molecular complexity index is 949. The van der Waals surface area contributed by atoms with E-state index in [1.54, 1.807) is 0 Å². The molecule has 3 heterocycles. The highest BCUT2D eigenvalue weighted by Crippen LogP contribution is 2.48. The zero-order valence-corrected chi connectivity index (χ0v) is 15.7. The van der Waals surface area contributed by atoms with Crippen molar-refractivity contribution in [2.45, 2.75) is 38.3 Å². The van der Waals surface area contributed by atoms with Crippen molar-refractivity contribution in [3.8, 4) is 11.3 Å². The Balaban J connectivity index is 1.55. The maximum Gasteiger partial charge on any atom is 0.146 e. The maximum atomic E-state index is 4.95. The van der Waals surface area contributed by atoms with Crippen LogP contribution in [0.3, 0.4) is 0 Å². The summed E-state index contributed by atoms with van der Waals surface area (Å²) in [6, 6.07) is 23.2. The quantitative estimate of drug-likeness (QED) is 0.478. The lowest BCUT2D eigenvalue weighted by Crippen LogP contribution is -2.32. The lowest BCUT2D eigenvalue weighted by Gasteiger charge is -2.23. The molecule has 0 radical (unpaired) electrons. The molecule has 1 aromatic heterocycles. The Morgan fingerprint density at radius 3 is 2.62 bits per heavy atom. The highest BCUT2D eigenvalue weighted by Gasteiger charge is 2.64. The molecule has 26 heavy (non-hydrogen) atoms. The largest absolute Gasteiger partial charge is 0.311 e. The summed E-state index contributed by atoms with van der Waals surface area (Å²) in [6.45, 7) is 3.78. The van der Waals surface area contributed by atoms with E-state index in [2.05, 4.69) is 74.6 Å². The predicted molar refractivity (Wildman–Crippen MR) is 108 cm³/mol. The predicted octanol–water partition coefficient (Wildman–Crippen LogP) is 5.07. The van der Waals surface area contributed by atoms with Crippen molar-refractivity contribution in [2.24, 2.45) is 5.92 Å². The van der Waals surface area contributed by atoms with Crippen LogP contribution in [-0.2, 0) is 6.42 Å². The van der Waals surface area contributed by atoms with Gasteiger partial charge in [-0.2, -0.15) is 0 Å². The summed E-state index contributed by atoms with van der Waals surface area (Å²) in [5.74, 6) is 0.894. The first kappa shape index (κ1) is 16.0. The van der Waals surface area contributed by atoms with Gasteiger partial charge in [0.25, 0.3) is 0 Å².